The number of rotatable bonds is 6. The highest BCUT2D eigenvalue weighted by Crippen LogP contribution is 2.63. The minimum Gasteiger partial charge on any atom is -0.456 e. The number of hydrogen-bond donors (Lipinski definition) is 0. The third kappa shape index (κ3) is 5.86. The lowest BCUT2D eigenvalue weighted by atomic mass is 9.70. The summed E-state index contributed by atoms with van der Waals surface area (Å²) in [7, 11) is 0. The first-order chi connectivity index (χ1) is 33.7. The highest BCUT2D eigenvalue weighted by Gasteiger charge is 2.51. The first-order valence-corrected chi connectivity index (χ1v) is 23.3. The lowest BCUT2D eigenvalue weighted by molar-refractivity contribution is 0.669. The molecule has 2 heterocycles. The summed E-state index contributed by atoms with van der Waals surface area (Å²) in [4.78, 5) is 10.8. The molecule has 0 N–H and O–H groups in total. The number of benzene rings is 10. The summed E-state index contributed by atoms with van der Waals surface area (Å²) in [5, 5.41) is 2.20. The summed E-state index contributed by atoms with van der Waals surface area (Å²) in [6.07, 6.45) is 0. The molecule has 316 valence electrons. The van der Waals surface area contributed by atoms with Gasteiger partial charge in [0.1, 0.15) is 11.2 Å². The molecular weight excluding hydrogens is 825 g/mol. The van der Waals surface area contributed by atoms with E-state index in [4.69, 9.17) is 14.4 Å². The van der Waals surface area contributed by atoms with Crippen LogP contribution in [0.1, 0.15) is 22.3 Å². The van der Waals surface area contributed by atoms with Gasteiger partial charge >= 0.3 is 0 Å². The zero-order valence-corrected chi connectivity index (χ0v) is 36.9. The average molecular weight is 865 g/mol. The SMILES string of the molecule is c1ccc(-c2ccc(-c3cc(-c4ccc5oc6ccccc6c5c4)cc(-c4cc(-c5ccc6c(c5)C5(c7ccccc7-c7ccccc75)c5ccccc5-6)nc(-c5ccccc5)n4)c3)cc2)cc1. The number of para-hydroxylation sites is 1. The topological polar surface area (TPSA) is 38.9 Å². The molecule has 2 aromatic heterocycles. The maximum atomic E-state index is 6.28. The first-order valence-electron chi connectivity index (χ1n) is 23.3. The Bertz CT molecular complexity index is 3900. The molecule has 1 spiro atoms. The van der Waals surface area contributed by atoms with Crippen LogP contribution in [-0.4, -0.2) is 9.97 Å². The Morgan fingerprint density at radius 1 is 0.265 bits per heavy atom. The van der Waals surface area contributed by atoms with E-state index < -0.39 is 5.41 Å². The number of furan rings is 1. The van der Waals surface area contributed by atoms with Gasteiger partial charge in [-0.3, -0.25) is 0 Å². The van der Waals surface area contributed by atoms with E-state index in [0.29, 0.717) is 5.82 Å². The van der Waals surface area contributed by atoms with E-state index in [9.17, 15) is 0 Å². The second kappa shape index (κ2) is 15.1. The van der Waals surface area contributed by atoms with Gasteiger partial charge < -0.3 is 4.42 Å². The van der Waals surface area contributed by atoms with Crippen molar-refractivity contribution in [3.8, 4) is 89.5 Å². The van der Waals surface area contributed by atoms with Crippen LogP contribution in [0.2, 0.25) is 0 Å². The predicted molar refractivity (Wildman–Crippen MR) is 278 cm³/mol. The number of aromatic nitrogens is 2. The second-order valence-corrected chi connectivity index (χ2v) is 18.0. The molecular formula is C65H40N2O. The largest absolute Gasteiger partial charge is 0.456 e. The fraction of sp³-hybridized carbons (Fsp3) is 0.0154. The van der Waals surface area contributed by atoms with Gasteiger partial charge in [-0.25, -0.2) is 9.97 Å². The van der Waals surface area contributed by atoms with E-state index >= 15 is 0 Å². The normalized spacial score (nSPS) is 12.8. The molecule has 0 atom stereocenters. The van der Waals surface area contributed by atoms with E-state index in [2.05, 4.69) is 224 Å². The molecule has 10 aromatic carbocycles. The molecule has 0 bridgehead atoms. The summed E-state index contributed by atoms with van der Waals surface area (Å²) >= 11 is 0. The maximum Gasteiger partial charge on any atom is 0.160 e. The van der Waals surface area contributed by atoms with Crippen LogP contribution in [0.25, 0.3) is 111 Å². The van der Waals surface area contributed by atoms with Crippen LogP contribution in [-0.2, 0) is 5.41 Å². The van der Waals surface area contributed by atoms with Crippen LogP contribution in [0.15, 0.2) is 247 Å². The highest BCUT2D eigenvalue weighted by atomic mass is 16.3. The first kappa shape index (κ1) is 38.4. The Balaban J connectivity index is 0.977. The van der Waals surface area contributed by atoms with Gasteiger partial charge in [-0.15, -0.1) is 0 Å². The molecule has 0 radical (unpaired) electrons. The van der Waals surface area contributed by atoms with Crippen LogP contribution in [0.5, 0.6) is 0 Å². The van der Waals surface area contributed by atoms with Crippen molar-refractivity contribution in [2.24, 2.45) is 0 Å². The van der Waals surface area contributed by atoms with Crippen molar-refractivity contribution in [1.29, 1.82) is 0 Å². The van der Waals surface area contributed by atoms with Crippen LogP contribution >= 0.6 is 0 Å². The smallest absolute Gasteiger partial charge is 0.160 e. The van der Waals surface area contributed by atoms with Gasteiger partial charge in [0, 0.05) is 27.5 Å². The molecule has 3 nitrogen and oxygen atoms in total. The summed E-state index contributed by atoms with van der Waals surface area (Å²) in [6, 6.07) is 87.6. The van der Waals surface area contributed by atoms with Gasteiger partial charge in [0.25, 0.3) is 0 Å². The van der Waals surface area contributed by atoms with E-state index in [1.807, 2.05) is 18.2 Å². The van der Waals surface area contributed by atoms with Gasteiger partial charge in [-0.05, 0) is 126 Å². The number of nitrogens with zero attached hydrogens (tertiary/aromatic N) is 2. The molecule has 2 aliphatic carbocycles. The summed E-state index contributed by atoms with van der Waals surface area (Å²) < 4.78 is 6.28. The lowest BCUT2D eigenvalue weighted by Crippen LogP contribution is -2.25. The summed E-state index contributed by atoms with van der Waals surface area (Å²) in [5.41, 5.74) is 23.2. The zero-order valence-electron chi connectivity index (χ0n) is 36.9. The zero-order chi connectivity index (χ0) is 44.8. The molecule has 0 saturated carbocycles. The molecule has 12 aromatic rings. The quantitative estimate of drug-likeness (QED) is 0.167. The molecule has 0 aliphatic heterocycles. The Hall–Kier alpha value is -8.92. The Morgan fingerprint density at radius 3 is 1.38 bits per heavy atom. The van der Waals surface area contributed by atoms with E-state index in [-0.39, 0.29) is 0 Å². The molecule has 0 saturated heterocycles. The van der Waals surface area contributed by atoms with Crippen molar-refractivity contribution < 1.29 is 4.42 Å². The fourth-order valence-electron chi connectivity index (χ4n) is 11.2. The number of fused-ring (bicyclic) bond motifs is 13. The Labute approximate surface area is 394 Å². The van der Waals surface area contributed by atoms with Crippen LogP contribution in [0.3, 0.4) is 0 Å². The monoisotopic (exact) mass is 864 g/mol. The average Bonchev–Trinajstić information content (AvgIpc) is 4.05. The fourth-order valence-corrected chi connectivity index (χ4v) is 11.2. The van der Waals surface area contributed by atoms with Crippen molar-refractivity contribution in [2.45, 2.75) is 5.41 Å². The third-order valence-electron chi connectivity index (χ3n) is 14.3. The molecule has 68 heavy (non-hydrogen) atoms. The maximum absolute atomic E-state index is 6.28. The van der Waals surface area contributed by atoms with Gasteiger partial charge in [0.2, 0.25) is 0 Å². The third-order valence-corrected chi connectivity index (χ3v) is 14.3. The minimum absolute atomic E-state index is 0.464. The van der Waals surface area contributed by atoms with Crippen molar-refractivity contribution in [2.75, 3.05) is 0 Å². The summed E-state index contributed by atoms with van der Waals surface area (Å²) in [5.74, 6) is 0.679. The van der Waals surface area contributed by atoms with E-state index in [1.54, 1.807) is 0 Å². The van der Waals surface area contributed by atoms with E-state index in [1.165, 1.54) is 55.6 Å². The van der Waals surface area contributed by atoms with Gasteiger partial charge in [0.05, 0.1) is 16.8 Å². The summed E-state index contributed by atoms with van der Waals surface area (Å²) in [6.45, 7) is 0. The minimum atomic E-state index is -0.464. The standard InChI is InChI=1S/C65H40N2O/c1-3-15-41(16-4-1)42-27-29-43(30-28-42)47-35-48(45-32-34-63-55(38-45)54-22-10-14-26-62(54)68-63)37-49(36-47)61-40-60(66-64(67-61)44-17-5-2-6-18-44)46-31-33-53-52-21-9-13-25-58(52)65(59(53)39-46)56-23-11-7-19-50(56)51-20-8-12-24-57(51)65/h1-40H. The van der Waals surface area contributed by atoms with Crippen LogP contribution in [0, 0.1) is 0 Å². The van der Waals surface area contributed by atoms with Crippen LogP contribution in [0.4, 0.5) is 0 Å². The van der Waals surface area contributed by atoms with Gasteiger partial charge in [-0.2, -0.15) is 0 Å². The van der Waals surface area contributed by atoms with E-state index in [0.717, 1.165) is 72.3 Å². The molecule has 3 heteroatoms. The van der Waals surface area contributed by atoms with Crippen LogP contribution < -0.4 is 0 Å². The van der Waals surface area contributed by atoms with Crippen molar-refractivity contribution >= 4 is 21.9 Å². The Kier molecular flexibility index (Phi) is 8.50. The Morgan fingerprint density at radius 2 is 0.721 bits per heavy atom. The molecule has 2 aliphatic rings. The van der Waals surface area contributed by atoms with Crippen molar-refractivity contribution in [3.05, 3.63) is 265 Å². The van der Waals surface area contributed by atoms with Crippen molar-refractivity contribution in [3.63, 3.8) is 0 Å². The molecule has 0 amide bonds. The van der Waals surface area contributed by atoms with Crippen molar-refractivity contribution in [1.82, 2.24) is 9.97 Å². The second-order valence-electron chi connectivity index (χ2n) is 18.0. The van der Waals surface area contributed by atoms with Gasteiger partial charge in [-0.1, -0.05) is 194 Å². The number of hydrogen-bond acceptors (Lipinski definition) is 3. The molecule has 14 rings (SSSR count). The highest BCUT2D eigenvalue weighted by molar-refractivity contribution is 6.06. The van der Waals surface area contributed by atoms with Gasteiger partial charge in [0.15, 0.2) is 5.82 Å². The lowest BCUT2D eigenvalue weighted by Gasteiger charge is -2.30. The molecule has 0 fully saturated rings. The predicted octanol–water partition coefficient (Wildman–Crippen LogP) is 16.7. The molecule has 0 unspecified atom stereocenters.